The molecule has 0 aromatic carbocycles. The molecule has 3 heterocycles. The Morgan fingerprint density at radius 3 is 3.00 bits per heavy atom. The van der Waals surface area contributed by atoms with Gasteiger partial charge in [0.05, 0.1) is 5.41 Å². The van der Waals surface area contributed by atoms with Crippen LogP contribution in [0.25, 0.3) is 5.65 Å². The van der Waals surface area contributed by atoms with Crippen molar-refractivity contribution in [1.29, 1.82) is 0 Å². The van der Waals surface area contributed by atoms with Crippen LogP contribution in [0.4, 0.5) is 5.82 Å². The first-order chi connectivity index (χ1) is 10.1. The Labute approximate surface area is 123 Å². The van der Waals surface area contributed by atoms with Crippen molar-refractivity contribution in [3.05, 3.63) is 24.0 Å². The zero-order chi connectivity index (χ0) is 15.0. The van der Waals surface area contributed by atoms with Crippen molar-refractivity contribution in [1.82, 2.24) is 14.6 Å². The van der Waals surface area contributed by atoms with Crippen molar-refractivity contribution in [3.63, 3.8) is 0 Å². The van der Waals surface area contributed by atoms with Gasteiger partial charge in [0.15, 0.2) is 5.65 Å². The Balaban J connectivity index is 2.02. The summed E-state index contributed by atoms with van der Waals surface area (Å²) in [4.78, 5) is 18.1. The minimum absolute atomic E-state index is 0.525. The summed E-state index contributed by atoms with van der Waals surface area (Å²) in [6, 6.07) is 4.03. The van der Waals surface area contributed by atoms with Gasteiger partial charge in [-0.3, -0.25) is 4.79 Å². The third kappa shape index (κ3) is 2.24. The van der Waals surface area contributed by atoms with Gasteiger partial charge in [0, 0.05) is 13.1 Å². The number of hydrogen-bond acceptors (Lipinski definition) is 4. The average molecular weight is 288 g/mol. The second-order valence-corrected chi connectivity index (χ2v) is 5.89. The second kappa shape index (κ2) is 5.02. The van der Waals surface area contributed by atoms with Gasteiger partial charge in [-0.1, -0.05) is 6.92 Å². The van der Waals surface area contributed by atoms with Crippen LogP contribution < -0.4 is 4.90 Å². The van der Waals surface area contributed by atoms with Gasteiger partial charge in [0.2, 0.25) is 0 Å². The number of piperidine rings is 1. The van der Waals surface area contributed by atoms with Gasteiger partial charge in [0.1, 0.15) is 12.1 Å². The normalized spacial score (nSPS) is 22.7. The SMILES string of the molecule is CCC1(C(=O)O)CCCN(c2cc(C)cc3ncnn23)C1. The first kappa shape index (κ1) is 13.9. The molecule has 3 rings (SSSR count). The first-order valence-electron chi connectivity index (χ1n) is 7.34. The van der Waals surface area contributed by atoms with Crippen LogP contribution in [-0.4, -0.2) is 38.8 Å². The zero-order valence-electron chi connectivity index (χ0n) is 12.4. The number of nitrogens with zero attached hydrogens (tertiary/aromatic N) is 4. The monoisotopic (exact) mass is 288 g/mol. The number of carbonyl (C=O) groups is 1. The van der Waals surface area contributed by atoms with Gasteiger partial charge in [-0.05, 0) is 43.9 Å². The van der Waals surface area contributed by atoms with E-state index in [1.807, 2.05) is 19.9 Å². The molecule has 0 amide bonds. The summed E-state index contributed by atoms with van der Waals surface area (Å²) in [6.07, 6.45) is 3.80. The van der Waals surface area contributed by atoms with Gasteiger partial charge < -0.3 is 10.0 Å². The fourth-order valence-corrected chi connectivity index (χ4v) is 3.20. The molecule has 1 aliphatic heterocycles. The van der Waals surface area contributed by atoms with Crippen LogP contribution >= 0.6 is 0 Å². The van der Waals surface area contributed by atoms with Gasteiger partial charge in [0.25, 0.3) is 0 Å². The highest BCUT2D eigenvalue weighted by Crippen LogP contribution is 2.36. The van der Waals surface area contributed by atoms with Crippen molar-refractivity contribution >= 4 is 17.4 Å². The van der Waals surface area contributed by atoms with Crippen molar-refractivity contribution in [2.45, 2.75) is 33.1 Å². The fourth-order valence-electron chi connectivity index (χ4n) is 3.20. The van der Waals surface area contributed by atoms with E-state index < -0.39 is 11.4 Å². The number of rotatable bonds is 3. The lowest BCUT2D eigenvalue weighted by Gasteiger charge is -2.40. The van der Waals surface area contributed by atoms with E-state index in [4.69, 9.17) is 0 Å². The number of aliphatic carboxylic acids is 1. The molecular weight excluding hydrogens is 268 g/mol. The van der Waals surface area contributed by atoms with Crippen LogP contribution in [0, 0.1) is 12.3 Å². The molecule has 1 aliphatic rings. The summed E-state index contributed by atoms with van der Waals surface area (Å²) in [5.41, 5.74) is 1.25. The number of pyridine rings is 1. The lowest BCUT2D eigenvalue weighted by atomic mass is 9.77. The standard InChI is InChI=1S/C15H20N4O2/c1-3-15(14(20)21)5-4-6-18(9-15)13-8-11(2)7-12-16-10-17-19(12)13/h7-8,10H,3-6,9H2,1-2H3,(H,20,21). The molecule has 2 aromatic heterocycles. The number of hydrogen-bond donors (Lipinski definition) is 1. The molecule has 112 valence electrons. The van der Waals surface area contributed by atoms with Crippen LogP contribution in [0.15, 0.2) is 18.5 Å². The van der Waals surface area contributed by atoms with E-state index in [-0.39, 0.29) is 0 Å². The van der Waals surface area contributed by atoms with E-state index in [2.05, 4.69) is 21.0 Å². The fraction of sp³-hybridized carbons (Fsp3) is 0.533. The Bertz CT molecular complexity index is 681. The Morgan fingerprint density at radius 1 is 1.48 bits per heavy atom. The highest BCUT2D eigenvalue weighted by atomic mass is 16.4. The summed E-state index contributed by atoms with van der Waals surface area (Å²) < 4.78 is 1.79. The number of carboxylic acids is 1. The smallest absolute Gasteiger partial charge is 0.311 e. The molecule has 6 nitrogen and oxygen atoms in total. The van der Waals surface area contributed by atoms with Gasteiger partial charge in [-0.25, -0.2) is 4.98 Å². The minimum Gasteiger partial charge on any atom is -0.481 e. The molecule has 1 N–H and O–H groups in total. The predicted octanol–water partition coefficient (Wildman–Crippen LogP) is 2.12. The van der Waals surface area contributed by atoms with Crippen molar-refractivity contribution in [3.8, 4) is 0 Å². The molecule has 0 spiro atoms. The molecule has 6 heteroatoms. The van der Waals surface area contributed by atoms with Crippen LogP contribution in [0.2, 0.25) is 0 Å². The Hall–Kier alpha value is -2.11. The lowest BCUT2D eigenvalue weighted by Crippen LogP contribution is -2.48. The van der Waals surface area contributed by atoms with Gasteiger partial charge >= 0.3 is 5.97 Å². The molecule has 0 bridgehead atoms. The molecule has 1 atom stereocenters. The third-order valence-corrected chi connectivity index (χ3v) is 4.54. The van der Waals surface area contributed by atoms with Crippen molar-refractivity contribution in [2.24, 2.45) is 5.41 Å². The zero-order valence-corrected chi connectivity index (χ0v) is 12.4. The molecular formula is C15H20N4O2. The molecule has 0 radical (unpaired) electrons. The highest BCUT2D eigenvalue weighted by Gasteiger charge is 2.41. The van der Waals surface area contributed by atoms with E-state index in [9.17, 15) is 9.90 Å². The number of carboxylic acid groups (broad SMARTS) is 1. The predicted molar refractivity (Wildman–Crippen MR) is 79.5 cm³/mol. The molecule has 1 fully saturated rings. The van der Waals surface area contributed by atoms with Crippen LogP contribution in [-0.2, 0) is 4.79 Å². The largest absolute Gasteiger partial charge is 0.481 e. The highest BCUT2D eigenvalue weighted by molar-refractivity contribution is 5.76. The number of fused-ring (bicyclic) bond motifs is 1. The van der Waals surface area contributed by atoms with E-state index in [0.29, 0.717) is 13.0 Å². The molecule has 0 aliphatic carbocycles. The number of anilines is 1. The molecule has 2 aromatic rings. The third-order valence-electron chi connectivity index (χ3n) is 4.54. The Kier molecular flexibility index (Phi) is 3.31. The quantitative estimate of drug-likeness (QED) is 0.936. The van der Waals surface area contributed by atoms with E-state index >= 15 is 0 Å². The van der Waals surface area contributed by atoms with Crippen molar-refractivity contribution in [2.75, 3.05) is 18.0 Å². The first-order valence-corrected chi connectivity index (χ1v) is 7.34. The summed E-state index contributed by atoms with van der Waals surface area (Å²) in [7, 11) is 0. The average Bonchev–Trinajstić information content (AvgIpc) is 2.94. The van der Waals surface area contributed by atoms with Gasteiger partial charge in [-0.2, -0.15) is 9.61 Å². The lowest BCUT2D eigenvalue weighted by molar-refractivity contribution is -0.149. The molecule has 1 saturated heterocycles. The minimum atomic E-state index is -0.697. The summed E-state index contributed by atoms with van der Waals surface area (Å²) in [5.74, 6) is 0.235. The molecule has 0 saturated carbocycles. The van der Waals surface area contributed by atoms with Crippen LogP contribution in [0.1, 0.15) is 31.7 Å². The topological polar surface area (TPSA) is 70.7 Å². The van der Waals surface area contributed by atoms with Gasteiger partial charge in [-0.15, -0.1) is 0 Å². The summed E-state index contributed by atoms with van der Waals surface area (Å²) in [5, 5.41) is 13.9. The molecule has 21 heavy (non-hydrogen) atoms. The summed E-state index contributed by atoms with van der Waals surface area (Å²) >= 11 is 0. The van der Waals surface area contributed by atoms with Crippen LogP contribution in [0.5, 0.6) is 0 Å². The van der Waals surface area contributed by atoms with E-state index in [0.717, 1.165) is 36.4 Å². The van der Waals surface area contributed by atoms with E-state index in [1.165, 1.54) is 6.33 Å². The maximum Gasteiger partial charge on any atom is 0.311 e. The summed E-state index contributed by atoms with van der Waals surface area (Å²) in [6.45, 7) is 5.36. The number of aromatic nitrogens is 3. The maximum absolute atomic E-state index is 11.7. The molecule has 1 unspecified atom stereocenters. The second-order valence-electron chi connectivity index (χ2n) is 5.89. The number of aryl methyl sites for hydroxylation is 1. The van der Waals surface area contributed by atoms with Crippen LogP contribution in [0.3, 0.4) is 0 Å². The van der Waals surface area contributed by atoms with E-state index in [1.54, 1.807) is 4.52 Å². The Morgan fingerprint density at radius 2 is 2.29 bits per heavy atom. The maximum atomic E-state index is 11.7. The van der Waals surface area contributed by atoms with Crippen molar-refractivity contribution < 1.29 is 9.90 Å².